The first-order chi connectivity index (χ1) is 8.68. The van der Waals surface area contributed by atoms with Crippen LogP contribution >= 0.6 is 12.2 Å². The molecule has 0 spiro atoms. The number of nitrogens with zero attached hydrogens (tertiary/aromatic N) is 1. The maximum absolute atomic E-state index is 9.76. The van der Waals surface area contributed by atoms with Crippen molar-refractivity contribution < 1.29 is 5.11 Å². The lowest BCUT2D eigenvalue weighted by atomic mass is 10.3. The van der Waals surface area contributed by atoms with Gasteiger partial charge in [0.15, 0.2) is 5.75 Å². The van der Waals surface area contributed by atoms with E-state index in [9.17, 15) is 5.11 Å². The lowest BCUT2D eigenvalue weighted by molar-refractivity contribution is 0.457. The van der Waals surface area contributed by atoms with Crippen LogP contribution in [0.15, 0.2) is 42.6 Å². The Morgan fingerprint density at radius 1 is 1.22 bits per heavy atom. The summed E-state index contributed by atoms with van der Waals surface area (Å²) in [5, 5.41) is 13.1. The van der Waals surface area contributed by atoms with E-state index in [0.717, 1.165) is 24.5 Å². The van der Waals surface area contributed by atoms with Gasteiger partial charge in [-0.2, -0.15) is 0 Å². The molecule has 0 amide bonds. The fourth-order valence-corrected chi connectivity index (χ4v) is 1.99. The standard InChI is InChI=1S/C14H16N2OS/c1-11-14(17)13(18)7-9-16(11)10-8-15-12-5-3-2-4-6-12/h2-7,9,15,17H,8,10H2,1H3. The van der Waals surface area contributed by atoms with Crippen LogP contribution in [0.5, 0.6) is 5.75 Å². The molecule has 0 aliphatic heterocycles. The third-order valence-corrected chi connectivity index (χ3v) is 3.20. The maximum Gasteiger partial charge on any atom is 0.152 e. The Morgan fingerprint density at radius 3 is 2.67 bits per heavy atom. The lowest BCUT2D eigenvalue weighted by Crippen LogP contribution is -2.12. The maximum atomic E-state index is 9.76. The van der Waals surface area contributed by atoms with E-state index in [1.54, 1.807) is 6.07 Å². The zero-order chi connectivity index (χ0) is 13.0. The molecule has 0 atom stereocenters. The molecule has 0 aliphatic rings. The Kier molecular flexibility index (Phi) is 3.99. The highest BCUT2D eigenvalue weighted by molar-refractivity contribution is 7.71. The zero-order valence-corrected chi connectivity index (χ0v) is 11.1. The molecular weight excluding hydrogens is 244 g/mol. The zero-order valence-electron chi connectivity index (χ0n) is 10.3. The van der Waals surface area contributed by atoms with E-state index >= 15 is 0 Å². The van der Waals surface area contributed by atoms with Gasteiger partial charge in [-0.15, -0.1) is 0 Å². The summed E-state index contributed by atoms with van der Waals surface area (Å²) in [6.07, 6.45) is 1.91. The quantitative estimate of drug-likeness (QED) is 0.828. The lowest BCUT2D eigenvalue weighted by Gasteiger charge is -2.13. The molecule has 0 bridgehead atoms. The number of anilines is 1. The van der Waals surface area contributed by atoms with Crippen molar-refractivity contribution in [2.24, 2.45) is 0 Å². The smallest absolute Gasteiger partial charge is 0.152 e. The Morgan fingerprint density at radius 2 is 1.94 bits per heavy atom. The number of rotatable bonds is 4. The number of aromatic nitrogens is 1. The van der Waals surface area contributed by atoms with Crippen molar-refractivity contribution in [3.05, 3.63) is 52.8 Å². The van der Waals surface area contributed by atoms with Crippen molar-refractivity contribution >= 4 is 17.9 Å². The molecule has 4 heteroatoms. The molecule has 18 heavy (non-hydrogen) atoms. The van der Waals surface area contributed by atoms with Gasteiger partial charge in [-0.3, -0.25) is 0 Å². The summed E-state index contributed by atoms with van der Waals surface area (Å²) < 4.78 is 2.49. The average Bonchev–Trinajstić information content (AvgIpc) is 2.40. The molecule has 0 fully saturated rings. The van der Waals surface area contributed by atoms with Gasteiger partial charge in [-0.05, 0) is 25.1 Å². The van der Waals surface area contributed by atoms with E-state index < -0.39 is 0 Å². The minimum absolute atomic E-state index is 0.201. The van der Waals surface area contributed by atoms with Crippen molar-refractivity contribution in [2.75, 3.05) is 11.9 Å². The van der Waals surface area contributed by atoms with E-state index in [1.807, 2.05) is 48.0 Å². The number of pyridine rings is 1. The predicted molar refractivity (Wildman–Crippen MR) is 76.6 cm³/mol. The number of hydrogen-bond donors (Lipinski definition) is 2. The molecule has 0 radical (unpaired) electrons. The van der Waals surface area contributed by atoms with Gasteiger partial charge in [0, 0.05) is 25.0 Å². The van der Waals surface area contributed by atoms with Gasteiger partial charge in [-0.25, -0.2) is 0 Å². The van der Waals surface area contributed by atoms with E-state index in [-0.39, 0.29) is 5.75 Å². The molecular formula is C14H16N2OS. The molecule has 0 saturated carbocycles. The normalized spacial score (nSPS) is 10.3. The van der Waals surface area contributed by atoms with Gasteiger partial charge in [0.1, 0.15) is 0 Å². The van der Waals surface area contributed by atoms with Crippen molar-refractivity contribution in [3.8, 4) is 5.75 Å². The molecule has 2 rings (SSSR count). The summed E-state index contributed by atoms with van der Waals surface area (Å²) in [5.41, 5.74) is 1.90. The SMILES string of the molecule is Cc1c(O)c(=S)ccn1CCNc1ccccc1. The summed E-state index contributed by atoms with van der Waals surface area (Å²) in [4.78, 5) is 0. The summed E-state index contributed by atoms with van der Waals surface area (Å²) in [6, 6.07) is 11.8. The Hall–Kier alpha value is -1.81. The highest BCUT2D eigenvalue weighted by Gasteiger charge is 2.02. The van der Waals surface area contributed by atoms with Crippen LogP contribution in [0.2, 0.25) is 0 Å². The van der Waals surface area contributed by atoms with Gasteiger partial charge in [0.2, 0.25) is 0 Å². The second kappa shape index (κ2) is 5.69. The van der Waals surface area contributed by atoms with Crippen LogP contribution in [0.25, 0.3) is 0 Å². The van der Waals surface area contributed by atoms with Crippen LogP contribution in [-0.2, 0) is 6.54 Å². The Bertz CT molecular complexity index is 578. The predicted octanol–water partition coefficient (Wildman–Crippen LogP) is 3.34. The minimum atomic E-state index is 0.201. The first-order valence-corrected chi connectivity index (χ1v) is 6.27. The molecule has 94 valence electrons. The van der Waals surface area contributed by atoms with Gasteiger partial charge >= 0.3 is 0 Å². The highest BCUT2D eigenvalue weighted by Crippen LogP contribution is 2.17. The molecule has 2 N–H and O–H groups in total. The third kappa shape index (κ3) is 2.90. The summed E-state index contributed by atoms with van der Waals surface area (Å²) in [7, 11) is 0. The second-order valence-corrected chi connectivity index (χ2v) is 4.54. The largest absolute Gasteiger partial charge is 0.505 e. The Balaban J connectivity index is 1.99. The average molecular weight is 260 g/mol. The van der Waals surface area contributed by atoms with E-state index in [1.165, 1.54) is 0 Å². The first kappa shape index (κ1) is 12.6. The van der Waals surface area contributed by atoms with Crippen LogP contribution in [0, 0.1) is 11.4 Å². The highest BCUT2D eigenvalue weighted by atomic mass is 32.1. The topological polar surface area (TPSA) is 37.2 Å². The van der Waals surface area contributed by atoms with Gasteiger partial charge in [-0.1, -0.05) is 30.4 Å². The van der Waals surface area contributed by atoms with Crippen molar-refractivity contribution in [1.29, 1.82) is 0 Å². The minimum Gasteiger partial charge on any atom is -0.505 e. The molecule has 1 aromatic heterocycles. The Labute approximate surface area is 112 Å². The van der Waals surface area contributed by atoms with Crippen LogP contribution in [0.4, 0.5) is 5.69 Å². The summed E-state index contributed by atoms with van der Waals surface area (Å²) >= 11 is 5.01. The number of para-hydroxylation sites is 1. The molecule has 1 heterocycles. The van der Waals surface area contributed by atoms with E-state index in [2.05, 4.69) is 5.32 Å². The summed E-state index contributed by atoms with van der Waals surface area (Å²) in [6.45, 7) is 3.45. The fraction of sp³-hybridized carbons (Fsp3) is 0.214. The number of hydrogen-bond acceptors (Lipinski definition) is 3. The first-order valence-electron chi connectivity index (χ1n) is 5.86. The van der Waals surface area contributed by atoms with Crippen LogP contribution in [-0.4, -0.2) is 16.2 Å². The molecule has 3 nitrogen and oxygen atoms in total. The van der Waals surface area contributed by atoms with Gasteiger partial charge < -0.3 is 15.0 Å². The van der Waals surface area contributed by atoms with E-state index in [4.69, 9.17) is 12.2 Å². The molecule has 0 aliphatic carbocycles. The van der Waals surface area contributed by atoms with Crippen LogP contribution in [0.1, 0.15) is 5.69 Å². The van der Waals surface area contributed by atoms with Crippen molar-refractivity contribution in [2.45, 2.75) is 13.5 Å². The molecule has 1 aromatic carbocycles. The van der Waals surface area contributed by atoms with Crippen LogP contribution < -0.4 is 5.32 Å². The van der Waals surface area contributed by atoms with Gasteiger partial charge in [0.05, 0.1) is 10.2 Å². The third-order valence-electron chi connectivity index (χ3n) is 2.87. The number of benzene rings is 1. The fourth-order valence-electron chi connectivity index (χ4n) is 1.78. The number of aromatic hydroxyl groups is 1. The van der Waals surface area contributed by atoms with Crippen LogP contribution in [0.3, 0.4) is 0 Å². The second-order valence-electron chi connectivity index (χ2n) is 4.10. The van der Waals surface area contributed by atoms with Crippen molar-refractivity contribution in [3.63, 3.8) is 0 Å². The molecule has 0 unspecified atom stereocenters. The van der Waals surface area contributed by atoms with Crippen molar-refractivity contribution in [1.82, 2.24) is 4.57 Å². The number of nitrogens with one attached hydrogen (secondary N) is 1. The monoisotopic (exact) mass is 260 g/mol. The molecule has 2 aromatic rings. The molecule has 0 saturated heterocycles. The summed E-state index contributed by atoms with van der Waals surface area (Å²) in [5.74, 6) is 0.201. The van der Waals surface area contributed by atoms with Gasteiger partial charge in [0.25, 0.3) is 0 Å². The van der Waals surface area contributed by atoms with E-state index in [0.29, 0.717) is 4.51 Å².